The lowest BCUT2D eigenvalue weighted by Crippen LogP contribution is -2.39. The first kappa shape index (κ1) is 19.3. The average Bonchev–Trinajstić information content (AvgIpc) is 3.40. The van der Waals surface area contributed by atoms with Crippen LogP contribution in [0.2, 0.25) is 0 Å². The van der Waals surface area contributed by atoms with E-state index in [4.69, 9.17) is 9.26 Å². The second kappa shape index (κ2) is 9.00. The molecule has 1 aromatic carbocycles. The second-order valence-electron chi connectivity index (χ2n) is 7.19. The predicted molar refractivity (Wildman–Crippen MR) is 105 cm³/mol. The summed E-state index contributed by atoms with van der Waals surface area (Å²) in [6.07, 6.45) is 5.01. The van der Waals surface area contributed by atoms with Crippen molar-refractivity contribution in [3.63, 3.8) is 0 Å². The van der Waals surface area contributed by atoms with E-state index < -0.39 is 0 Å². The molecule has 1 aliphatic heterocycles. The number of ether oxygens (including phenoxy) is 1. The van der Waals surface area contributed by atoms with E-state index in [1.54, 1.807) is 24.0 Å². The lowest BCUT2D eigenvalue weighted by Gasteiger charge is -2.33. The Bertz CT molecular complexity index is 937. The highest BCUT2D eigenvalue weighted by molar-refractivity contribution is 5.92. The van der Waals surface area contributed by atoms with Crippen molar-refractivity contribution < 1.29 is 14.1 Å². The van der Waals surface area contributed by atoms with E-state index in [0.29, 0.717) is 43.6 Å². The fraction of sp³-hybridized carbons (Fsp3) is 0.429. The van der Waals surface area contributed by atoms with Gasteiger partial charge in [0.05, 0.1) is 13.2 Å². The number of rotatable bonds is 7. The van der Waals surface area contributed by atoms with Crippen LogP contribution in [0.4, 0.5) is 0 Å². The van der Waals surface area contributed by atoms with E-state index in [1.165, 1.54) is 0 Å². The fourth-order valence-electron chi connectivity index (χ4n) is 3.59. The van der Waals surface area contributed by atoms with Gasteiger partial charge in [0.15, 0.2) is 5.82 Å². The SMILES string of the molecule is Cn1nccc1C(=O)N1CCCCC1c1nc(CCOCc2ccccc2)no1. The van der Waals surface area contributed by atoms with Crippen LogP contribution in [-0.4, -0.2) is 43.9 Å². The van der Waals surface area contributed by atoms with Gasteiger partial charge in [-0.25, -0.2) is 0 Å². The standard InChI is InChI=1S/C21H25N5O3/c1-25-18(10-12-22-25)21(27)26-13-6-5-9-17(26)20-23-19(24-29-20)11-14-28-15-16-7-3-2-4-8-16/h2-4,7-8,10,12,17H,5-6,9,11,13-15H2,1H3. The van der Waals surface area contributed by atoms with Crippen molar-refractivity contribution in [1.29, 1.82) is 0 Å². The number of hydrogen-bond acceptors (Lipinski definition) is 6. The van der Waals surface area contributed by atoms with Gasteiger partial charge in [-0.3, -0.25) is 9.48 Å². The van der Waals surface area contributed by atoms with Crippen molar-refractivity contribution in [2.45, 2.75) is 38.3 Å². The number of likely N-dealkylation sites (tertiary alicyclic amines) is 1. The molecule has 29 heavy (non-hydrogen) atoms. The van der Waals surface area contributed by atoms with Crippen LogP contribution in [0.5, 0.6) is 0 Å². The third-order valence-electron chi connectivity index (χ3n) is 5.15. The van der Waals surface area contributed by atoms with Crippen molar-refractivity contribution >= 4 is 5.91 Å². The second-order valence-corrected chi connectivity index (χ2v) is 7.19. The molecule has 3 heterocycles. The van der Waals surface area contributed by atoms with Crippen LogP contribution in [0.25, 0.3) is 0 Å². The summed E-state index contributed by atoms with van der Waals surface area (Å²) in [5.74, 6) is 1.05. The molecule has 1 saturated heterocycles. The summed E-state index contributed by atoms with van der Waals surface area (Å²) in [5, 5.41) is 8.19. The normalized spacial score (nSPS) is 16.9. The first-order valence-corrected chi connectivity index (χ1v) is 9.95. The molecule has 0 radical (unpaired) electrons. The summed E-state index contributed by atoms with van der Waals surface area (Å²) in [4.78, 5) is 19.3. The van der Waals surface area contributed by atoms with Crippen molar-refractivity contribution in [2.75, 3.05) is 13.2 Å². The quantitative estimate of drug-likeness (QED) is 0.572. The number of carbonyl (C=O) groups excluding carboxylic acids is 1. The number of hydrogen-bond donors (Lipinski definition) is 0. The molecule has 1 aliphatic rings. The summed E-state index contributed by atoms with van der Waals surface area (Å²) >= 11 is 0. The van der Waals surface area contributed by atoms with Crippen LogP contribution in [0.3, 0.4) is 0 Å². The summed E-state index contributed by atoms with van der Waals surface area (Å²) < 4.78 is 12.8. The summed E-state index contributed by atoms with van der Waals surface area (Å²) in [7, 11) is 1.77. The molecule has 8 heteroatoms. The van der Waals surface area contributed by atoms with E-state index in [2.05, 4.69) is 15.2 Å². The first-order chi connectivity index (χ1) is 14.2. The molecule has 0 aliphatic carbocycles. The first-order valence-electron chi connectivity index (χ1n) is 9.95. The van der Waals surface area contributed by atoms with Gasteiger partial charge in [0.2, 0.25) is 5.89 Å². The van der Waals surface area contributed by atoms with Gasteiger partial charge in [-0.2, -0.15) is 10.1 Å². The van der Waals surface area contributed by atoms with Crippen molar-refractivity contribution in [3.05, 3.63) is 65.6 Å². The van der Waals surface area contributed by atoms with Gasteiger partial charge in [0.25, 0.3) is 5.91 Å². The smallest absolute Gasteiger partial charge is 0.272 e. The van der Waals surface area contributed by atoms with Gasteiger partial charge in [-0.15, -0.1) is 0 Å². The van der Waals surface area contributed by atoms with Crippen LogP contribution < -0.4 is 0 Å². The Balaban J connectivity index is 1.36. The van der Waals surface area contributed by atoms with E-state index in [1.807, 2.05) is 35.2 Å². The van der Waals surface area contributed by atoms with Crippen molar-refractivity contribution in [1.82, 2.24) is 24.8 Å². The highest BCUT2D eigenvalue weighted by atomic mass is 16.5. The maximum Gasteiger partial charge on any atom is 0.272 e. The zero-order valence-corrected chi connectivity index (χ0v) is 16.5. The van der Waals surface area contributed by atoms with E-state index in [-0.39, 0.29) is 11.9 Å². The van der Waals surface area contributed by atoms with Gasteiger partial charge in [0, 0.05) is 26.2 Å². The van der Waals surface area contributed by atoms with Crippen LogP contribution in [0, 0.1) is 0 Å². The Morgan fingerprint density at radius 1 is 1.24 bits per heavy atom. The number of benzene rings is 1. The number of amides is 1. The molecule has 4 rings (SSSR count). The van der Waals surface area contributed by atoms with E-state index in [0.717, 1.165) is 24.8 Å². The maximum atomic E-state index is 13.0. The van der Waals surface area contributed by atoms with Crippen LogP contribution in [-0.2, 0) is 24.8 Å². The molecule has 1 atom stereocenters. The Morgan fingerprint density at radius 3 is 2.90 bits per heavy atom. The molecule has 1 amide bonds. The van der Waals surface area contributed by atoms with Crippen molar-refractivity contribution in [3.8, 4) is 0 Å². The molecule has 2 aromatic heterocycles. The minimum Gasteiger partial charge on any atom is -0.376 e. The summed E-state index contributed by atoms with van der Waals surface area (Å²) in [6.45, 7) is 1.74. The van der Waals surface area contributed by atoms with Gasteiger partial charge < -0.3 is 14.2 Å². The Hall–Kier alpha value is -3.00. The van der Waals surface area contributed by atoms with Crippen LogP contribution in [0.15, 0.2) is 47.1 Å². The molecule has 152 valence electrons. The number of nitrogens with zero attached hydrogens (tertiary/aromatic N) is 5. The minimum atomic E-state index is -0.197. The Morgan fingerprint density at radius 2 is 2.10 bits per heavy atom. The minimum absolute atomic E-state index is 0.0550. The number of aryl methyl sites for hydroxylation is 1. The third-order valence-corrected chi connectivity index (χ3v) is 5.15. The molecule has 8 nitrogen and oxygen atoms in total. The van der Waals surface area contributed by atoms with Gasteiger partial charge in [-0.05, 0) is 30.9 Å². The largest absolute Gasteiger partial charge is 0.376 e. The maximum absolute atomic E-state index is 13.0. The van der Waals surface area contributed by atoms with Gasteiger partial charge in [-0.1, -0.05) is 35.5 Å². The van der Waals surface area contributed by atoms with Gasteiger partial charge in [0.1, 0.15) is 11.7 Å². The monoisotopic (exact) mass is 395 g/mol. The Labute approximate surface area is 169 Å². The van der Waals surface area contributed by atoms with Crippen molar-refractivity contribution in [2.24, 2.45) is 7.05 Å². The molecule has 1 fully saturated rings. The molecular formula is C21H25N5O3. The number of aromatic nitrogens is 4. The lowest BCUT2D eigenvalue weighted by atomic mass is 10.0. The third kappa shape index (κ3) is 4.54. The van der Waals surface area contributed by atoms with Crippen LogP contribution >= 0.6 is 0 Å². The Kier molecular flexibility index (Phi) is 6.00. The van der Waals surface area contributed by atoms with E-state index >= 15 is 0 Å². The van der Waals surface area contributed by atoms with Crippen LogP contribution in [0.1, 0.15) is 53.1 Å². The topological polar surface area (TPSA) is 86.3 Å². The highest BCUT2D eigenvalue weighted by Gasteiger charge is 2.33. The molecule has 0 spiro atoms. The van der Waals surface area contributed by atoms with Gasteiger partial charge >= 0.3 is 0 Å². The zero-order chi connectivity index (χ0) is 20.1. The average molecular weight is 395 g/mol. The zero-order valence-electron chi connectivity index (χ0n) is 16.5. The molecule has 0 saturated carbocycles. The fourth-order valence-corrected chi connectivity index (χ4v) is 3.59. The highest BCUT2D eigenvalue weighted by Crippen LogP contribution is 2.31. The molecule has 0 N–H and O–H groups in total. The number of piperidine rings is 1. The summed E-state index contributed by atoms with van der Waals surface area (Å²) in [6, 6.07) is 11.6. The van der Waals surface area contributed by atoms with E-state index in [9.17, 15) is 4.79 Å². The molecule has 3 aromatic rings. The molecule has 1 unspecified atom stereocenters. The molecule has 0 bridgehead atoms. The molecular weight excluding hydrogens is 370 g/mol. The lowest BCUT2D eigenvalue weighted by molar-refractivity contribution is 0.0550. The predicted octanol–water partition coefficient (Wildman–Crippen LogP) is 2.93. The number of carbonyl (C=O) groups is 1. The summed E-state index contributed by atoms with van der Waals surface area (Å²) in [5.41, 5.74) is 1.69.